The van der Waals surface area contributed by atoms with E-state index in [0.717, 1.165) is 50.9 Å². The standard InChI is InChI=1S/C42H29N5/c1-28-18-36(25-39(19-28)42-46-40(31-11-4-2-5-12-31)45-41(47-42)32-13-6-3-7-14-32)34-16-9-17-35(23-34)38-22-30(27-44)21-37(24-38)33-15-8-10-29(20-33)26-43/h2-17,19-25,28H,18H2,1H3. The molecule has 5 aromatic carbocycles. The maximum atomic E-state index is 9.86. The predicted molar refractivity (Wildman–Crippen MR) is 187 cm³/mol. The Hall–Kier alpha value is -6.43. The molecule has 0 aliphatic heterocycles. The van der Waals surface area contributed by atoms with Crippen LogP contribution in [0.25, 0.3) is 56.2 Å². The Morgan fingerprint density at radius 3 is 1.62 bits per heavy atom. The van der Waals surface area contributed by atoms with Crippen molar-refractivity contribution >= 4 is 11.1 Å². The summed E-state index contributed by atoms with van der Waals surface area (Å²) in [6, 6.07) is 46.3. The molecule has 0 spiro atoms. The monoisotopic (exact) mass is 603 g/mol. The molecule has 1 aliphatic rings. The van der Waals surface area contributed by atoms with E-state index < -0.39 is 0 Å². The van der Waals surface area contributed by atoms with E-state index in [0.29, 0.717) is 28.6 Å². The van der Waals surface area contributed by atoms with Gasteiger partial charge in [-0.05, 0) is 88.2 Å². The van der Waals surface area contributed by atoms with Crippen molar-refractivity contribution in [1.82, 2.24) is 15.0 Å². The Kier molecular flexibility index (Phi) is 8.03. The van der Waals surface area contributed by atoms with E-state index >= 15 is 0 Å². The largest absolute Gasteiger partial charge is 0.208 e. The second-order valence-electron chi connectivity index (χ2n) is 11.7. The zero-order valence-electron chi connectivity index (χ0n) is 25.8. The highest BCUT2D eigenvalue weighted by Gasteiger charge is 2.19. The molecule has 0 bridgehead atoms. The van der Waals surface area contributed by atoms with Crippen LogP contribution in [0.4, 0.5) is 0 Å². The lowest BCUT2D eigenvalue weighted by Gasteiger charge is -2.20. The highest BCUT2D eigenvalue weighted by molar-refractivity contribution is 5.86. The molecule has 0 radical (unpaired) electrons. The number of hydrogen-bond acceptors (Lipinski definition) is 5. The summed E-state index contributed by atoms with van der Waals surface area (Å²) in [6.45, 7) is 2.21. The van der Waals surface area contributed by atoms with Crippen LogP contribution in [0.15, 0.2) is 140 Å². The molecular weight excluding hydrogens is 574 g/mol. The fourth-order valence-corrected chi connectivity index (χ4v) is 5.98. The van der Waals surface area contributed by atoms with E-state index in [1.807, 2.05) is 91.0 Å². The molecule has 1 heterocycles. The summed E-state index contributed by atoms with van der Waals surface area (Å²) < 4.78 is 0. The van der Waals surface area contributed by atoms with Gasteiger partial charge >= 0.3 is 0 Å². The summed E-state index contributed by atoms with van der Waals surface area (Å²) in [5.41, 5.74) is 10.1. The molecule has 0 saturated heterocycles. The third-order valence-corrected chi connectivity index (χ3v) is 8.25. The minimum Gasteiger partial charge on any atom is -0.208 e. The van der Waals surface area contributed by atoms with Crippen LogP contribution in [0, 0.1) is 28.6 Å². The van der Waals surface area contributed by atoms with Crippen molar-refractivity contribution in [1.29, 1.82) is 10.5 Å². The molecule has 0 saturated carbocycles. The average Bonchev–Trinajstić information content (AvgIpc) is 3.15. The van der Waals surface area contributed by atoms with E-state index in [2.05, 4.69) is 61.5 Å². The Morgan fingerprint density at radius 1 is 0.511 bits per heavy atom. The molecule has 1 unspecified atom stereocenters. The zero-order valence-corrected chi connectivity index (χ0v) is 25.8. The van der Waals surface area contributed by atoms with E-state index in [9.17, 15) is 10.5 Å². The van der Waals surface area contributed by atoms with Gasteiger partial charge in [-0.3, -0.25) is 0 Å². The summed E-state index contributed by atoms with van der Waals surface area (Å²) in [5.74, 6) is 2.19. The van der Waals surface area contributed by atoms with Crippen molar-refractivity contribution in [3.8, 4) is 57.2 Å². The van der Waals surface area contributed by atoms with Gasteiger partial charge in [0.05, 0.1) is 23.3 Å². The van der Waals surface area contributed by atoms with E-state index in [1.54, 1.807) is 6.07 Å². The van der Waals surface area contributed by atoms with E-state index in [1.165, 1.54) is 5.57 Å². The molecule has 6 aromatic rings. The number of nitriles is 2. The van der Waals surface area contributed by atoms with E-state index in [4.69, 9.17) is 15.0 Å². The van der Waals surface area contributed by atoms with Gasteiger partial charge < -0.3 is 0 Å². The van der Waals surface area contributed by atoms with Gasteiger partial charge in [0.15, 0.2) is 17.5 Å². The van der Waals surface area contributed by atoms with Crippen molar-refractivity contribution in [2.45, 2.75) is 13.3 Å². The quantitative estimate of drug-likeness (QED) is 0.189. The molecule has 5 heteroatoms. The topological polar surface area (TPSA) is 86.2 Å². The van der Waals surface area contributed by atoms with Gasteiger partial charge in [0, 0.05) is 16.7 Å². The first kappa shape index (κ1) is 29.3. The number of nitrogens with zero attached hydrogens (tertiary/aromatic N) is 5. The lowest BCUT2D eigenvalue weighted by molar-refractivity contribution is 0.750. The molecule has 0 amide bonds. The number of hydrogen-bond donors (Lipinski definition) is 0. The van der Waals surface area contributed by atoms with Crippen LogP contribution in [0.5, 0.6) is 0 Å². The Morgan fingerprint density at radius 2 is 1.00 bits per heavy atom. The van der Waals surface area contributed by atoms with Crippen molar-refractivity contribution in [3.63, 3.8) is 0 Å². The van der Waals surface area contributed by atoms with Crippen molar-refractivity contribution in [2.75, 3.05) is 0 Å². The lowest BCUT2D eigenvalue weighted by Crippen LogP contribution is -2.06. The van der Waals surface area contributed by atoms with Gasteiger partial charge in [0.2, 0.25) is 0 Å². The number of aromatic nitrogens is 3. The first-order chi connectivity index (χ1) is 23.1. The molecular formula is C42H29N5. The Bertz CT molecular complexity index is 2200. The lowest BCUT2D eigenvalue weighted by atomic mass is 9.86. The second kappa shape index (κ2) is 12.9. The van der Waals surface area contributed by atoms with Crippen LogP contribution in [-0.4, -0.2) is 15.0 Å². The minimum absolute atomic E-state index is 0.270. The van der Waals surface area contributed by atoms with E-state index in [-0.39, 0.29) is 5.92 Å². The van der Waals surface area contributed by atoms with Gasteiger partial charge in [-0.2, -0.15) is 10.5 Å². The molecule has 222 valence electrons. The summed E-state index contributed by atoms with van der Waals surface area (Å²) >= 11 is 0. The van der Waals surface area contributed by atoms with Crippen molar-refractivity contribution < 1.29 is 0 Å². The Labute approximate surface area is 274 Å². The molecule has 0 N–H and O–H groups in total. The number of benzene rings is 5. The third kappa shape index (κ3) is 6.38. The molecule has 1 aromatic heterocycles. The van der Waals surface area contributed by atoms with Crippen LogP contribution >= 0.6 is 0 Å². The normalized spacial score (nSPS) is 14.0. The molecule has 0 fully saturated rings. The van der Waals surface area contributed by atoms with Crippen LogP contribution in [0.3, 0.4) is 0 Å². The maximum absolute atomic E-state index is 9.86. The van der Waals surface area contributed by atoms with Gasteiger partial charge in [-0.1, -0.05) is 104 Å². The fraction of sp³-hybridized carbons (Fsp3) is 0.0714. The van der Waals surface area contributed by atoms with Crippen LogP contribution in [0.1, 0.15) is 35.9 Å². The predicted octanol–water partition coefficient (Wildman–Crippen LogP) is 9.79. The zero-order chi connectivity index (χ0) is 32.2. The summed E-state index contributed by atoms with van der Waals surface area (Å²) in [4.78, 5) is 14.8. The minimum atomic E-state index is 0.270. The van der Waals surface area contributed by atoms with Crippen LogP contribution < -0.4 is 0 Å². The van der Waals surface area contributed by atoms with Crippen LogP contribution in [0.2, 0.25) is 0 Å². The van der Waals surface area contributed by atoms with Gasteiger partial charge in [0.25, 0.3) is 0 Å². The SMILES string of the molecule is CC1C=C(c2nc(-c3ccccc3)nc(-c3ccccc3)n2)C=C(c2cccc(-c3cc(C#N)cc(-c4cccc(C#N)c4)c3)c2)C1. The van der Waals surface area contributed by atoms with Gasteiger partial charge in [0.1, 0.15) is 0 Å². The van der Waals surface area contributed by atoms with Gasteiger partial charge in [-0.25, -0.2) is 15.0 Å². The van der Waals surface area contributed by atoms with Crippen LogP contribution in [-0.2, 0) is 0 Å². The smallest absolute Gasteiger partial charge is 0.164 e. The summed E-state index contributed by atoms with van der Waals surface area (Å²) in [5, 5.41) is 19.3. The summed E-state index contributed by atoms with van der Waals surface area (Å²) in [6.07, 6.45) is 5.31. The Balaban J connectivity index is 1.29. The highest BCUT2D eigenvalue weighted by Crippen LogP contribution is 2.36. The first-order valence-electron chi connectivity index (χ1n) is 15.5. The van der Waals surface area contributed by atoms with Gasteiger partial charge in [-0.15, -0.1) is 0 Å². The molecule has 47 heavy (non-hydrogen) atoms. The first-order valence-corrected chi connectivity index (χ1v) is 15.5. The average molecular weight is 604 g/mol. The van der Waals surface area contributed by atoms with Crippen molar-refractivity contribution in [2.24, 2.45) is 5.92 Å². The number of rotatable bonds is 6. The highest BCUT2D eigenvalue weighted by atomic mass is 15.0. The molecule has 1 aliphatic carbocycles. The molecule has 5 nitrogen and oxygen atoms in total. The number of allylic oxidation sites excluding steroid dienone is 4. The molecule has 1 atom stereocenters. The van der Waals surface area contributed by atoms with Crippen molar-refractivity contribution in [3.05, 3.63) is 162 Å². The maximum Gasteiger partial charge on any atom is 0.164 e. The fourth-order valence-electron chi connectivity index (χ4n) is 5.98. The molecule has 7 rings (SSSR count). The third-order valence-electron chi connectivity index (χ3n) is 8.25. The summed E-state index contributed by atoms with van der Waals surface area (Å²) in [7, 11) is 0. The second-order valence-corrected chi connectivity index (χ2v) is 11.7.